The first-order valence-corrected chi connectivity index (χ1v) is 18.4. The highest BCUT2D eigenvalue weighted by atomic mass is 79.9. The Labute approximate surface area is 301 Å². The van der Waals surface area contributed by atoms with Crippen molar-refractivity contribution in [2.24, 2.45) is 5.92 Å². The number of thiazole rings is 1. The van der Waals surface area contributed by atoms with Crippen LogP contribution in [0.15, 0.2) is 89.4 Å². The smallest absolute Gasteiger partial charge is 0.278 e. The third-order valence-corrected chi connectivity index (χ3v) is 10.8. The number of anilines is 1. The molecule has 3 amide bonds. The second-order valence-corrected chi connectivity index (χ2v) is 14.9. The lowest BCUT2D eigenvalue weighted by molar-refractivity contribution is -0.141. The zero-order valence-electron chi connectivity index (χ0n) is 27.1. The topological polar surface area (TPSA) is 122 Å². The maximum Gasteiger partial charge on any atom is 0.278 e. The van der Waals surface area contributed by atoms with Crippen LogP contribution in [0.4, 0.5) is 10.1 Å². The number of hydrogen-bond acceptors (Lipinski definition) is 8. The number of hydrogen-bond donors (Lipinski definition) is 3. The van der Waals surface area contributed by atoms with Gasteiger partial charge in [-0.15, -0.1) is 0 Å². The molecule has 13 heteroatoms. The fourth-order valence-electron chi connectivity index (χ4n) is 6.70. The van der Waals surface area contributed by atoms with E-state index in [4.69, 9.17) is 9.57 Å². The molecule has 1 aromatic heterocycles. The van der Waals surface area contributed by atoms with E-state index in [0.29, 0.717) is 29.5 Å². The van der Waals surface area contributed by atoms with Crippen molar-refractivity contribution >= 4 is 60.9 Å². The number of hydroxylamine groups is 1. The number of nitrogens with one attached hydrogen (secondary N) is 3. The maximum absolute atomic E-state index is 14.4. The van der Waals surface area contributed by atoms with Crippen LogP contribution < -0.4 is 25.7 Å². The van der Waals surface area contributed by atoms with E-state index < -0.39 is 41.4 Å². The first-order valence-electron chi connectivity index (χ1n) is 16.8. The van der Waals surface area contributed by atoms with Crippen LogP contribution in [0.5, 0.6) is 10.9 Å². The van der Waals surface area contributed by atoms with Crippen LogP contribution in [0.25, 0.3) is 10.2 Å². The summed E-state index contributed by atoms with van der Waals surface area (Å²) in [4.78, 5) is 54.2. The van der Waals surface area contributed by atoms with Crippen LogP contribution in [0.3, 0.4) is 0 Å². The van der Waals surface area contributed by atoms with Crippen molar-refractivity contribution in [3.05, 3.63) is 95.2 Å². The molecule has 50 heavy (non-hydrogen) atoms. The van der Waals surface area contributed by atoms with Gasteiger partial charge in [-0.2, -0.15) is 5.48 Å². The van der Waals surface area contributed by atoms with Crippen LogP contribution >= 0.6 is 27.3 Å². The van der Waals surface area contributed by atoms with Gasteiger partial charge in [-0.25, -0.2) is 9.37 Å². The van der Waals surface area contributed by atoms with Gasteiger partial charge >= 0.3 is 0 Å². The Balaban J connectivity index is 1.16. The summed E-state index contributed by atoms with van der Waals surface area (Å²) in [6.07, 6.45) is 7.92. The zero-order valence-corrected chi connectivity index (χ0v) is 29.6. The van der Waals surface area contributed by atoms with E-state index in [-0.39, 0.29) is 24.8 Å². The summed E-state index contributed by atoms with van der Waals surface area (Å²) in [5.74, 6) is -1.41. The predicted molar refractivity (Wildman–Crippen MR) is 192 cm³/mol. The van der Waals surface area contributed by atoms with Gasteiger partial charge in [-0.1, -0.05) is 76.5 Å². The minimum Gasteiger partial charge on any atom is -0.465 e. The Morgan fingerprint density at radius 1 is 1.06 bits per heavy atom. The monoisotopic (exact) mass is 761 g/mol. The number of para-hydroxylation sites is 1. The summed E-state index contributed by atoms with van der Waals surface area (Å²) in [6.45, 7) is 0.136. The van der Waals surface area contributed by atoms with Gasteiger partial charge in [0.1, 0.15) is 29.5 Å². The number of carbonyl (C=O) groups is 3. The van der Waals surface area contributed by atoms with E-state index >= 15 is 0 Å². The van der Waals surface area contributed by atoms with Crippen molar-refractivity contribution in [3.8, 4) is 10.9 Å². The minimum absolute atomic E-state index is 0.136. The number of halogens is 2. The molecule has 3 aromatic carbocycles. The molecular formula is C37H37BrFN5O5S. The van der Waals surface area contributed by atoms with Crippen molar-refractivity contribution < 1.29 is 28.3 Å². The first-order chi connectivity index (χ1) is 24.3. The molecule has 1 saturated heterocycles. The number of rotatable bonds is 7. The lowest BCUT2D eigenvalue weighted by atomic mass is 10.0. The number of ether oxygens (including phenoxy) is 1. The van der Waals surface area contributed by atoms with Crippen LogP contribution in [-0.4, -0.2) is 57.9 Å². The Bertz CT molecular complexity index is 1910. The highest BCUT2D eigenvalue weighted by Crippen LogP contribution is 2.45. The number of aromatic nitrogens is 1. The summed E-state index contributed by atoms with van der Waals surface area (Å²) in [5, 5.41) is 6.71. The van der Waals surface area contributed by atoms with E-state index in [2.05, 4.69) is 43.1 Å². The lowest BCUT2D eigenvalue weighted by Crippen LogP contribution is -2.57. The van der Waals surface area contributed by atoms with E-state index in [1.54, 1.807) is 41.3 Å². The number of nitrogens with zero attached hydrogens (tertiary/aromatic N) is 2. The molecule has 2 fully saturated rings. The van der Waals surface area contributed by atoms with Gasteiger partial charge in [0.2, 0.25) is 11.8 Å². The van der Waals surface area contributed by atoms with Gasteiger partial charge in [0.25, 0.3) is 11.1 Å². The molecule has 3 aliphatic rings. The number of carbonyl (C=O) groups excluding carboxylic acids is 3. The summed E-state index contributed by atoms with van der Waals surface area (Å²) >= 11 is 4.88. The molecule has 3 heterocycles. The SMILES string of the molecule is O=C1N[C@]2(C(=O)NOc3ccccc3)C[C@H]2/C=C\CCCCC[C@H](Nc2cccc(F)c2)C(=O)N2C[C@H](Oc3nc4ccc(Br)cc4s3)C[C@@H]12. The molecule has 1 aliphatic carbocycles. The van der Waals surface area contributed by atoms with Crippen molar-refractivity contribution in [1.29, 1.82) is 0 Å². The Morgan fingerprint density at radius 3 is 2.76 bits per heavy atom. The molecule has 2 aliphatic heterocycles. The molecular weight excluding hydrogens is 725 g/mol. The van der Waals surface area contributed by atoms with Gasteiger partial charge in [0.15, 0.2) is 5.75 Å². The highest BCUT2D eigenvalue weighted by molar-refractivity contribution is 9.10. The van der Waals surface area contributed by atoms with Gasteiger partial charge in [0.05, 0.1) is 16.8 Å². The molecule has 0 bridgehead atoms. The Kier molecular flexibility index (Phi) is 10.0. The summed E-state index contributed by atoms with van der Waals surface area (Å²) in [5.41, 5.74) is 2.56. The fraction of sp³-hybridized carbons (Fsp3) is 0.351. The van der Waals surface area contributed by atoms with E-state index in [1.165, 1.54) is 23.5 Å². The number of amides is 3. The van der Waals surface area contributed by atoms with Gasteiger partial charge < -0.3 is 25.1 Å². The highest BCUT2D eigenvalue weighted by Gasteiger charge is 2.61. The van der Waals surface area contributed by atoms with E-state index in [9.17, 15) is 18.8 Å². The van der Waals surface area contributed by atoms with Crippen molar-refractivity contribution in [3.63, 3.8) is 0 Å². The standard InChI is InChI=1S/C37H37BrFN5O5S/c38-24-16-17-29-32(18-24)50-36(41-29)48-28-20-31-33(45)42-37(35(47)43-49-27-13-6-4-7-14-27)21-23(37)10-5-2-1-3-8-15-30(34(46)44(31)22-28)40-26-12-9-11-25(39)19-26/h4-7,9-14,16-19,23,28,30-31,40H,1-3,8,15,20-22H2,(H,42,45)(H,43,47)/b10-5-/t23-,28-,30+,31+,37-/m1/s1. The molecule has 4 aromatic rings. The second kappa shape index (κ2) is 14.8. The molecule has 3 N–H and O–H groups in total. The van der Waals surface area contributed by atoms with E-state index in [0.717, 1.165) is 40.4 Å². The van der Waals surface area contributed by atoms with Crippen LogP contribution in [-0.2, 0) is 14.4 Å². The number of benzene rings is 3. The molecule has 1 saturated carbocycles. The molecule has 0 spiro atoms. The number of allylic oxidation sites excluding steroid dienone is 1. The molecule has 260 valence electrons. The predicted octanol–water partition coefficient (Wildman–Crippen LogP) is 6.53. The molecule has 0 radical (unpaired) electrons. The largest absolute Gasteiger partial charge is 0.465 e. The van der Waals surface area contributed by atoms with Crippen LogP contribution in [0, 0.1) is 11.7 Å². The molecule has 0 unspecified atom stereocenters. The first kappa shape index (κ1) is 34.0. The summed E-state index contributed by atoms with van der Waals surface area (Å²) in [6, 6.07) is 19.0. The zero-order chi connectivity index (χ0) is 34.7. The van der Waals surface area contributed by atoms with Crippen molar-refractivity contribution in [2.45, 2.75) is 68.7 Å². The van der Waals surface area contributed by atoms with Crippen LogP contribution in [0.2, 0.25) is 0 Å². The number of fused-ring (bicyclic) bond motifs is 3. The molecule has 10 nitrogen and oxygen atoms in total. The van der Waals surface area contributed by atoms with Gasteiger partial charge in [-0.3, -0.25) is 14.4 Å². The van der Waals surface area contributed by atoms with Gasteiger partial charge in [0, 0.05) is 22.5 Å². The van der Waals surface area contributed by atoms with Crippen LogP contribution in [0.1, 0.15) is 44.9 Å². The van der Waals surface area contributed by atoms with Crippen molar-refractivity contribution in [2.75, 3.05) is 11.9 Å². The lowest BCUT2D eigenvalue weighted by Gasteiger charge is -2.30. The molecule has 7 rings (SSSR count). The van der Waals surface area contributed by atoms with Crippen molar-refractivity contribution in [1.82, 2.24) is 20.7 Å². The second-order valence-electron chi connectivity index (χ2n) is 13.0. The van der Waals surface area contributed by atoms with E-state index in [1.807, 2.05) is 30.3 Å². The normalized spacial score (nSPS) is 26.1. The third-order valence-electron chi connectivity index (χ3n) is 9.41. The molecule has 5 atom stereocenters. The Hall–Kier alpha value is -4.49. The summed E-state index contributed by atoms with van der Waals surface area (Å²) < 4.78 is 22.4. The fourth-order valence-corrected chi connectivity index (χ4v) is 8.13. The average molecular weight is 763 g/mol. The van der Waals surface area contributed by atoms with Gasteiger partial charge in [-0.05, 0) is 74.2 Å². The maximum atomic E-state index is 14.4. The third kappa shape index (κ3) is 7.63. The average Bonchev–Trinajstić information content (AvgIpc) is 3.40. The minimum atomic E-state index is -1.24. The Morgan fingerprint density at radius 2 is 1.92 bits per heavy atom. The summed E-state index contributed by atoms with van der Waals surface area (Å²) in [7, 11) is 0. The quantitative estimate of drug-likeness (QED) is 0.145.